The Morgan fingerprint density at radius 3 is 1.25 bits per heavy atom. The minimum atomic E-state index is -3.68. The number of hydrogen-bond donors (Lipinski definition) is 5. The molecule has 29 nitrogen and oxygen atoms in total. The van der Waals surface area contributed by atoms with Gasteiger partial charge < -0.3 is 50.3 Å². The number of ether oxygens (including phenoxy) is 5. The summed E-state index contributed by atoms with van der Waals surface area (Å²) in [5.41, 5.74) is -4.62. The normalized spacial score (nSPS) is 37.5. The Morgan fingerprint density at radius 1 is 0.451 bits per heavy atom. The first kappa shape index (κ1) is 81.9. The maximum absolute atomic E-state index is 12.6. The Hall–Kier alpha value is -4.19. The Balaban J connectivity index is 0.000000158. The van der Waals surface area contributed by atoms with Crippen LogP contribution >= 0.6 is 0 Å². The van der Waals surface area contributed by atoms with Gasteiger partial charge in [-0.3, -0.25) is 50.3 Å². The molecule has 5 N–H and O–H groups in total. The molecule has 8 bridgehead atoms. The monoisotopic (exact) mass is 1520 g/mol. The second kappa shape index (κ2) is 30.1. The molecule has 4 heterocycles. The molecule has 8 aliphatic carbocycles. The zero-order valence-electron chi connectivity index (χ0n) is 62.2. The van der Waals surface area contributed by atoms with E-state index in [9.17, 15) is 67.2 Å². The highest BCUT2D eigenvalue weighted by Crippen LogP contribution is 2.74. The topological polar surface area (TPSA) is 399 Å². The molecule has 0 aromatic heterocycles. The molecule has 0 aromatic carbocycles. The van der Waals surface area contributed by atoms with Crippen LogP contribution in [-0.2, 0) is 114 Å². The molecule has 582 valence electrons. The zero-order chi connectivity index (χ0) is 75.7. The molecule has 8 saturated carbocycles. The maximum Gasteiger partial charge on any atom is 0.326 e. The molecule has 12 fully saturated rings. The average Bonchev–Trinajstić information content (AvgIpc) is 1.47. The van der Waals surface area contributed by atoms with Gasteiger partial charge >= 0.3 is 11.9 Å². The number of carbonyl (C=O) groups is 7. The highest BCUT2D eigenvalue weighted by Gasteiger charge is 2.84. The number of rotatable bonds is 28. The van der Waals surface area contributed by atoms with Crippen molar-refractivity contribution < 1.29 is 108 Å². The summed E-state index contributed by atoms with van der Waals surface area (Å²) in [5.74, 6) is -1.11. The first-order chi connectivity index (χ1) is 47.2. The van der Waals surface area contributed by atoms with Gasteiger partial charge in [0.05, 0.1) is 59.1 Å². The molecule has 0 radical (unpaired) electrons. The Kier molecular flexibility index (Phi) is 24.2. The van der Waals surface area contributed by atoms with Gasteiger partial charge in [-0.15, -0.1) is 0 Å². The molecular weight excluding hydrogens is 1410 g/mol. The summed E-state index contributed by atoms with van der Waals surface area (Å²) in [6.45, 7) is 31.5. The van der Waals surface area contributed by atoms with E-state index in [4.69, 9.17) is 40.4 Å². The van der Waals surface area contributed by atoms with Gasteiger partial charge in [0.25, 0.3) is 40.5 Å². The second-order valence-electron chi connectivity index (χ2n) is 33.3. The first-order valence-electron chi connectivity index (χ1n) is 36.6. The van der Waals surface area contributed by atoms with Crippen LogP contribution in [0.2, 0.25) is 0 Å². The van der Waals surface area contributed by atoms with E-state index in [1.165, 1.54) is 0 Å². The van der Waals surface area contributed by atoms with Crippen LogP contribution in [0.15, 0.2) is 0 Å². The number of carbonyl (C=O) groups excluding carboxylic acids is 7. The van der Waals surface area contributed by atoms with Crippen LogP contribution in [-0.4, -0.2) is 203 Å². The van der Waals surface area contributed by atoms with E-state index in [2.05, 4.69) is 26.6 Å². The van der Waals surface area contributed by atoms with Gasteiger partial charge in [-0.05, 0) is 115 Å². The first-order valence-corrected chi connectivity index (χ1v) is 42.4. The molecule has 21 atom stereocenters. The van der Waals surface area contributed by atoms with Crippen molar-refractivity contribution in [3.05, 3.63) is 0 Å². The SMILES string of the molecule is CCC(C)(C)C(=O)NCC(=O)NCCOC1C2CC3C1OS(=O)(=O)C3C2.CCC(C)(C)C(=O)NCC(=O)OC1(C)C2(C)CC3C(C2C)C1(C)OS3(=O)=O.CCC(C)(C)C(=O)NCC(=O)OCCOC1C2CC3C1OS(=O)(=O)C3C2.CCC(C)(C)C(=O)NCCCOC1C2CC3C1OS(=O)(=O)C3C2. The summed E-state index contributed by atoms with van der Waals surface area (Å²) < 4.78 is 146. The van der Waals surface area contributed by atoms with Gasteiger partial charge in [0.1, 0.15) is 49.2 Å². The number of amides is 5. The lowest BCUT2D eigenvalue weighted by Gasteiger charge is -2.48. The van der Waals surface area contributed by atoms with E-state index in [0.717, 1.165) is 32.1 Å². The van der Waals surface area contributed by atoms with Crippen molar-refractivity contribution in [2.24, 2.45) is 74.4 Å². The van der Waals surface area contributed by atoms with E-state index >= 15 is 0 Å². The highest BCUT2D eigenvalue weighted by atomic mass is 32.2. The van der Waals surface area contributed by atoms with E-state index < -0.39 is 96.6 Å². The van der Waals surface area contributed by atoms with Crippen LogP contribution in [0.5, 0.6) is 0 Å². The Labute approximate surface area is 603 Å². The van der Waals surface area contributed by atoms with Gasteiger partial charge in [-0.2, -0.15) is 33.7 Å². The fourth-order valence-electron chi connectivity index (χ4n) is 17.7. The third kappa shape index (κ3) is 15.8. The molecule has 102 heavy (non-hydrogen) atoms. The quantitative estimate of drug-likeness (QED) is 0.0415. The molecule has 0 spiro atoms. The van der Waals surface area contributed by atoms with Gasteiger partial charge in [-0.1, -0.05) is 96.9 Å². The minimum absolute atomic E-state index is 0.0367. The van der Waals surface area contributed by atoms with Crippen molar-refractivity contribution in [3.8, 4) is 0 Å². The standard InChI is InChI=1S/C19H31NO6S.C17H28N2O6S.C17H27NO7S.C16H27NO5S/c1-8-16(3,4)15(22)20-10-13(21)25-19(7)17(5)9-12-14(11(17)2)18(19,6)26-27(12,23)24;1-4-17(2,3)16(21)19-9-13(20)18-5-6-24-14-10-7-11-12(8-10)26(22,23)25-15(11)14;1-4-17(2,3)16(20)18-9-13(19)23-5-6-24-14-10-7-11-12(8-10)26(21,22)25-15(11)14;1-4-16(2,3)15(18)17-6-5-7-21-13-10-8-11-12(9-10)23(19,20)22-14(11)13/h11-12,14H,8-10H2,1-7H3,(H,20,22);10-12,14-15H,4-9H2,1-3H3,(H,18,20)(H,19,21);10-12,14-15H,4-9H2,1-3H3,(H,18,20);10-14H,4-9H2,1-3H3,(H,17,18). The fraction of sp³-hybridized carbons (Fsp3) is 0.899. The lowest BCUT2D eigenvalue weighted by atomic mass is 9.65. The van der Waals surface area contributed by atoms with E-state index in [0.29, 0.717) is 77.2 Å². The summed E-state index contributed by atoms with van der Waals surface area (Å²) in [5, 5.41) is 11.9. The van der Waals surface area contributed by atoms with Crippen LogP contribution < -0.4 is 26.6 Å². The van der Waals surface area contributed by atoms with Crippen molar-refractivity contribution >= 4 is 81.9 Å². The van der Waals surface area contributed by atoms with Crippen molar-refractivity contribution in [1.82, 2.24) is 26.6 Å². The maximum atomic E-state index is 12.6. The third-order valence-electron chi connectivity index (χ3n) is 26.0. The molecule has 4 saturated heterocycles. The number of esters is 2. The third-order valence-corrected chi connectivity index (χ3v) is 33.1. The van der Waals surface area contributed by atoms with Crippen molar-refractivity contribution in [1.29, 1.82) is 0 Å². The number of fused-ring (bicyclic) bond motifs is 4. The summed E-state index contributed by atoms with van der Waals surface area (Å²) in [6, 6.07) is 0. The summed E-state index contributed by atoms with van der Waals surface area (Å²) in [7, 11) is -13.9. The van der Waals surface area contributed by atoms with Crippen LogP contribution in [0.1, 0.15) is 188 Å². The summed E-state index contributed by atoms with van der Waals surface area (Å²) >= 11 is 0. The molecule has 4 aliphatic heterocycles. The van der Waals surface area contributed by atoms with E-state index in [-0.39, 0.29) is 155 Å². The van der Waals surface area contributed by atoms with Crippen LogP contribution in [0.4, 0.5) is 0 Å². The van der Waals surface area contributed by atoms with Gasteiger partial charge in [-0.25, -0.2) is 0 Å². The predicted molar refractivity (Wildman–Crippen MR) is 370 cm³/mol. The predicted octanol–water partition coefficient (Wildman–Crippen LogP) is 4.24. The number of hydrogen-bond acceptors (Lipinski definition) is 24. The molecule has 12 aliphatic rings. The van der Waals surface area contributed by atoms with Crippen molar-refractivity contribution in [2.75, 3.05) is 59.2 Å². The van der Waals surface area contributed by atoms with Gasteiger partial charge in [0.15, 0.2) is 0 Å². The largest absolute Gasteiger partial charge is 0.462 e. The fourth-order valence-corrected chi connectivity index (χ4v) is 25.7. The number of nitrogens with one attached hydrogen (secondary N) is 5. The van der Waals surface area contributed by atoms with Crippen LogP contribution in [0, 0.1) is 74.4 Å². The summed E-state index contributed by atoms with van der Waals surface area (Å²) in [4.78, 5) is 84.1. The van der Waals surface area contributed by atoms with E-state index in [1.807, 2.05) is 96.9 Å². The van der Waals surface area contributed by atoms with E-state index in [1.54, 1.807) is 13.8 Å². The van der Waals surface area contributed by atoms with Crippen LogP contribution in [0.3, 0.4) is 0 Å². The van der Waals surface area contributed by atoms with Crippen molar-refractivity contribution in [3.63, 3.8) is 0 Å². The van der Waals surface area contributed by atoms with Gasteiger partial charge in [0.2, 0.25) is 29.5 Å². The molecule has 33 heteroatoms. The lowest BCUT2D eigenvalue weighted by molar-refractivity contribution is -0.202. The average molecular weight is 1520 g/mol. The molecule has 12 rings (SSSR count). The molecule has 21 unspecified atom stereocenters. The smallest absolute Gasteiger partial charge is 0.326 e. The highest BCUT2D eigenvalue weighted by molar-refractivity contribution is 7.88. The van der Waals surface area contributed by atoms with Gasteiger partial charge in [0, 0.05) is 70.4 Å². The molecule has 5 amide bonds. The van der Waals surface area contributed by atoms with Crippen LogP contribution in [0.25, 0.3) is 0 Å². The van der Waals surface area contributed by atoms with Crippen molar-refractivity contribution in [2.45, 2.75) is 257 Å². The zero-order valence-corrected chi connectivity index (χ0v) is 65.4. The Morgan fingerprint density at radius 2 is 0.833 bits per heavy atom. The summed E-state index contributed by atoms with van der Waals surface area (Å²) in [6.07, 6.45) is 6.78. The lowest BCUT2D eigenvalue weighted by Crippen LogP contribution is -2.61. The second-order valence-corrected chi connectivity index (χ2v) is 40.4. The molecular formula is C69H113N5O24S4. The minimum Gasteiger partial charge on any atom is -0.462 e. The Bertz CT molecular complexity index is 3530. The molecule has 0 aromatic rings.